The van der Waals surface area contributed by atoms with E-state index in [1.807, 2.05) is 5.38 Å². The van der Waals surface area contributed by atoms with Crippen molar-refractivity contribution in [1.82, 2.24) is 15.2 Å². The molecule has 6 heteroatoms. The van der Waals surface area contributed by atoms with E-state index in [0.29, 0.717) is 0 Å². The third-order valence-electron chi connectivity index (χ3n) is 3.23. The number of thiazole rings is 1. The number of primary amides is 1. The number of hydrogen-bond acceptors (Lipinski definition) is 5. The van der Waals surface area contributed by atoms with Gasteiger partial charge in [-0.3, -0.25) is 9.69 Å². The third kappa shape index (κ3) is 3.32. The zero-order valence-electron chi connectivity index (χ0n) is 11.8. The quantitative estimate of drug-likeness (QED) is 0.863. The molecule has 1 aliphatic heterocycles. The number of amides is 1. The van der Waals surface area contributed by atoms with Gasteiger partial charge >= 0.3 is 0 Å². The van der Waals surface area contributed by atoms with Crippen LogP contribution < -0.4 is 11.1 Å². The van der Waals surface area contributed by atoms with Gasteiger partial charge in [-0.1, -0.05) is 20.8 Å². The second-order valence-corrected chi connectivity index (χ2v) is 6.78. The van der Waals surface area contributed by atoms with Crippen LogP contribution in [0.5, 0.6) is 0 Å². The second-order valence-electron chi connectivity index (χ2n) is 5.92. The first kappa shape index (κ1) is 14.4. The van der Waals surface area contributed by atoms with Gasteiger partial charge in [-0.05, 0) is 0 Å². The van der Waals surface area contributed by atoms with Crippen molar-refractivity contribution >= 4 is 17.2 Å². The van der Waals surface area contributed by atoms with Crippen molar-refractivity contribution in [3.63, 3.8) is 0 Å². The summed E-state index contributed by atoms with van der Waals surface area (Å²) in [5, 5.41) is 6.29. The molecule has 19 heavy (non-hydrogen) atoms. The van der Waals surface area contributed by atoms with Crippen LogP contribution in [0, 0.1) is 0 Å². The molecule has 0 aromatic carbocycles. The van der Waals surface area contributed by atoms with Crippen LogP contribution in [-0.4, -0.2) is 42.0 Å². The van der Waals surface area contributed by atoms with Crippen molar-refractivity contribution in [2.75, 3.05) is 26.2 Å². The van der Waals surface area contributed by atoms with Gasteiger partial charge in [0, 0.05) is 37.0 Å². The van der Waals surface area contributed by atoms with Crippen molar-refractivity contribution in [3.05, 3.63) is 16.1 Å². The van der Waals surface area contributed by atoms with Crippen LogP contribution in [0.4, 0.5) is 0 Å². The lowest BCUT2D eigenvalue weighted by Crippen LogP contribution is -2.48. The molecule has 0 radical (unpaired) electrons. The van der Waals surface area contributed by atoms with E-state index in [9.17, 15) is 4.79 Å². The molecule has 1 aliphatic rings. The maximum absolute atomic E-state index is 11.8. The fourth-order valence-electron chi connectivity index (χ4n) is 2.21. The number of nitrogens with one attached hydrogen (secondary N) is 1. The predicted molar refractivity (Wildman–Crippen MR) is 77.2 cm³/mol. The van der Waals surface area contributed by atoms with E-state index >= 15 is 0 Å². The molecule has 106 valence electrons. The molecule has 2 rings (SSSR count). The summed E-state index contributed by atoms with van der Waals surface area (Å²) < 4.78 is 0. The molecule has 0 saturated carbocycles. The van der Waals surface area contributed by atoms with Crippen LogP contribution in [-0.2, 0) is 10.2 Å². The first-order valence-electron chi connectivity index (χ1n) is 6.59. The van der Waals surface area contributed by atoms with E-state index in [2.05, 4.69) is 36.0 Å². The van der Waals surface area contributed by atoms with Gasteiger partial charge in [0.1, 0.15) is 6.04 Å². The summed E-state index contributed by atoms with van der Waals surface area (Å²) in [6.45, 7) is 9.81. The first-order chi connectivity index (χ1) is 8.89. The molecule has 2 heterocycles. The molecule has 1 saturated heterocycles. The lowest BCUT2D eigenvalue weighted by Gasteiger charge is -2.32. The minimum atomic E-state index is -0.394. The molecule has 1 amide bonds. The minimum absolute atomic E-state index is 0.00850. The van der Waals surface area contributed by atoms with Gasteiger partial charge in [0.2, 0.25) is 5.91 Å². The van der Waals surface area contributed by atoms with Gasteiger partial charge in [-0.25, -0.2) is 4.98 Å². The highest BCUT2D eigenvalue weighted by molar-refractivity contribution is 7.09. The Morgan fingerprint density at radius 1 is 1.47 bits per heavy atom. The Morgan fingerprint density at radius 3 is 2.58 bits per heavy atom. The number of rotatable bonds is 3. The van der Waals surface area contributed by atoms with Crippen LogP contribution in [0.3, 0.4) is 0 Å². The predicted octanol–water partition coefficient (Wildman–Crippen LogP) is 0.872. The Morgan fingerprint density at radius 2 is 2.11 bits per heavy atom. The SMILES string of the molecule is CC(C)(C)c1nc(C(C(N)=O)N2CCNCC2)cs1. The van der Waals surface area contributed by atoms with Gasteiger partial charge in [0.25, 0.3) is 0 Å². The van der Waals surface area contributed by atoms with Crippen LogP contribution in [0.15, 0.2) is 5.38 Å². The summed E-state index contributed by atoms with van der Waals surface area (Å²) in [6, 6.07) is -0.394. The van der Waals surface area contributed by atoms with Gasteiger partial charge in [0.05, 0.1) is 10.7 Å². The summed E-state index contributed by atoms with van der Waals surface area (Å²) in [5.74, 6) is -0.312. The molecule has 3 N–H and O–H groups in total. The molecule has 5 nitrogen and oxygen atoms in total. The zero-order chi connectivity index (χ0) is 14.0. The number of nitrogens with two attached hydrogens (primary N) is 1. The zero-order valence-corrected chi connectivity index (χ0v) is 12.6. The lowest BCUT2D eigenvalue weighted by molar-refractivity contribution is -0.123. The van der Waals surface area contributed by atoms with Crippen LogP contribution in [0.2, 0.25) is 0 Å². The number of aromatic nitrogens is 1. The topological polar surface area (TPSA) is 71.2 Å². The Hall–Kier alpha value is -0.980. The Labute approximate surface area is 118 Å². The summed E-state index contributed by atoms with van der Waals surface area (Å²) in [4.78, 5) is 18.5. The average Bonchev–Trinajstić information content (AvgIpc) is 2.79. The first-order valence-corrected chi connectivity index (χ1v) is 7.47. The second kappa shape index (κ2) is 5.56. The molecule has 1 aromatic heterocycles. The average molecular weight is 282 g/mol. The van der Waals surface area contributed by atoms with Crippen molar-refractivity contribution < 1.29 is 4.79 Å². The summed E-state index contributed by atoms with van der Waals surface area (Å²) in [6.07, 6.45) is 0. The molecule has 1 fully saturated rings. The summed E-state index contributed by atoms with van der Waals surface area (Å²) >= 11 is 1.61. The normalized spacial score (nSPS) is 19.3. The highest BCUT2D eigenvalue weighted by Crippen LogP contribution is 2.29. The molecule has 0 spiro atoms. The van der Waals surface area contributed by atoms with E-state index in [0.717, 1.165) is 36.9 Å². The van der Waals surface area contributed by atoms with E-state index in [1.165, 1.54) is 0 Å². The van der Waals surface area contributed by atoms with E-state index in [4.69, 9.17) is 5.73 Å². The monoisotopic (exact) mass is 282 g/mol. The number of carbonyl (C=O) groups excluding carboxylic acids is 1. The van der Waals surface area contributed by atoms with E-state index in [1.54, 1.807) is 11.3 Å². The van der Waals surface area contributed by atoms with Crippen molar-refractivity contribution in [3.8, 4) is 0 Å². The van der Waals surface area contributed by atoms with Crippen LogP contribution in [0.1, 0.15) is 37.5 Å². The van der Waals surface area contributed by atoms with Crippen LogP contribution >= 0.6 is 11.3 Å². The molecule has 1 atom stereocenters. The highest BCUT2D eigenvalue weighted by atomic mass is 32.1. The molecule has 1 unspecified atom stereocenters. The third-order valence-corrected chi connectivity index (χ3v) is 4.52. The fraction of sp³-hybridized carbons (Fsp3) is 0.692. The van der Waals surface area contributed by atoms with Gasteiger partial charge < -0.3 is 11.1 Å². The number of nitrogens with zero attached hydrogens (tertiary/aromatic N) is 2. The smallest absolute Gasteiger partial charge is 0.241 e. The van der Waals surface area contributed by atoms with E-state index in [-0.39, 0.29) is 11.3 Å². The van der Waals surface area contributed by atoms with Gasteiger partial charge in [-0.15, -0.1) is 11.3 Å². The Kier molecular flexibility index (Phi) is 4.23. The Bertz CT molecular complexity index is 446. The number of hydrogen-bond donors (Lipinski definition) is 2. The summed E-state index contributed by atoms with van der Waals surface area (Å²) in [5.41, 5.74) is 6.39. The molecule has 0 aliphatic carbocycles. The number of piperazine rings is 1. The van der Waals surface area contributed by atoms with Gasteiger partial charge in [-0.2, -0.15) is 0 Å². The van der Waals surface area contributed by atoms with Crippen molar-refractivity contribution in [1.29, 1.82) is 0 Å². The maximum Gasteiger partial charge on any atom is 0.241 e. The van der Waals surface area contributed by atoms with E-state index < -0.39 is 6.04 Å². The maximum atomic E-state index is 11.8. The lowest BCUT2D eigenvalue weighted by atomic mass is 9.98. The molecular formula is C13H22N4OS. The minimum Gasteiger partial charge on any atom is -0.368 e. The molecular weight excluding hydrogens is 260 g/mol. The molecule has 0 bridgehead atoms. The Balaban J connectivity index is 2.24. The van der Waals surface area contributed by atoms with Crippen molar-refractivity contribution in [2.45, 2.75) is 32.2 Å². The van der Waals surface area contributed by atoms with Gasteiger partial charge in [0.15, 0.2) is 0 Å². The standard InChI is InChI=1S/C13H22N4OS/c1-13(2,3)12-16-9(8-19-12)10(11(14)18)17-6-4-15-5-7-17/h8,10,15H,4-7H2,1-3H3,(H2,14,18). The highest BCUT2D eigenvalue weighted by Gasteiger charge is 2.30. The molecule has 1 aromatic rings. The fourth-order valence-corrected chi connectivity index (χ4v) is 3.13. The van der Waals surface area contributed by atoms with Crippen molar-refractivity contribution in [2.24, 2.45) is 5.73 Å². The largest absolute Gasteiger partial charge is 0.368 e. The summed E-state index contributed by atoms with van der Waals surface area (Å²) in [7, 11) is 0. The number of carbonyl (C=O) groups is 1. The van der Waals surface area contributed by atoms with Crippen LogP contribution in [0.25, 0.3) is 0 Å².